The smallest absolute Gasteiger partial charge is 0.387 e. The summed E-state index contributed by atoms with van der Waals surface area (Å²) in [5.41, 5.74) is 2.28. The molecule has 3 rings (SSSR count). The van der Waals surface area contributed by atoms with E-state index < -0.39 is 17.8 Å². The van der Waals surface area contributed by atoms with E-state index in [4.69, 9.17) is 14.3 Å². The third kappa shape index (κ3) is 7.26. The van der Waals surface area contributed by atoms with Gasteiger partial charge in [0, 0.05) is 20.2 Å². The van der Waals surface area contributed by atoms with Crippen LogP contribution in [0.3, 0.4) is 0 Å². The molecule has 0 unspecified atom stereocenters. The van der Waals surface area contributed by atoms with E-state index in [0.717, 1.165) is 6.42 Å². The van der Waals surface area contributed by atoms with E-state index in [-0.39, 0.29) is 24.0 Å². The van der Waals surface area contributed by atoms with E-state index in [0.29, 0.717) is 44.0 Å². The normalized spacial score (nSPS) is 18.4. The molecule has 2 fully saturated rings. The van der Waals surface area contributed by atoms with Gasteiger partial charge in [0.2, 0.25) is 0 Å². The Labute approximate surface area is 199 Å². The van der Waals surface area contributed by atoms with Crippen LogP contribution in [0.25, 0.3) is 0 Å². The number of nitrogens with one attached hydrogen (secondary N) is 1. The van der Waals surface area contributed by atoms with Crippen molar-refractivity contribution in [3.8, 4) is 17.6 Å². The molecular weight excluding hydrogens is 448 g/mol. The Morgan fingerprint density at radius 1 is 1.29 bits per heavy atom. The third-order valence-corrected chi connectivity index (χ3v) is 6.39. The number of alkyl halides is 2. The van der Waals surface area contributed by atoms with Crippen LogP contribution >= 0.6 is 0 Å². The number of hydrogen-bond acceptors (Lipinski definition) is 7. The van der Waals surface area contributed by atoms with Crippen LogP contribution < -0.4 is 15.0 Å². The lowest BCUT2D eigenvalue weighted by molar-refractivity contribution is -0.231. The molecule has 0 radical (unpaired) electrons. The van der Waals surface area contributed by atoms with Gasteiger partial charge in [0.05, 0.1) is 24.6 Å². The van der Waals surface area contributed by atoms with Gasteiger partial charge in [-0.2, -0.15) is 14.0 Å². The fourth-order valence-corrected chi connectivity index (χ4v) is 3.87. The van der Waals surface area contributed by atoms with E-state index in [1.165, 1.54) is 26.0 Å². The predicted octanol–water partition coefficient (Wildman–Crippen LogP) is 3.75. The zero-order chi connectivity index (χ0) is 24.8. The molecule has 1 N–H and O–H groups in total. The van der Waals surface area contributed by atoms with Crippen molar-refractivity contribution in [1.82, 2.24) is 10.4 Å². The summed E-state index contributed by atoms with van der Waals surface area (Å²) in [6.07, 6.45) is 4.18. The Bertz CT molecular complexity index is 878. The van der Waals surface area contributed by atoms with Crippen molar-refractivity contribution >= 4 is 5.91 Å². The van der Waals surface area contributed by atoms with E-state index in [2.05, 4.69) is 16.3 Å². The maximum atomic E-state index is 12.9. The van der Waals surface area contributed by atoms with Crippen molar-refractivity contribution in [2.75, 3.05) is 33.4 Å². The largest absolute Gasteiger partial charge is 0.490 e. The van der Waals surface area contributed by atoms with Crippen LogP contribution in [-0.4, -0.2) is 56.6 Å². The maximum Gasteiger partial charge on any atom is 0.387 e. The van der Waals surface area contributed by atoms with Crippen molar-refractivity contribution in [2.24, 2.45) is 5.92 Å². The highest BCUT2D eigenvalue weighted by molar-refractivity contribution is 5.77. The van der Waals surface area contributed by atoms with Crippen LogP contribution in [0.5, 0.6) is 11.5 Å². The monoisotopic (exact) mass is 481 g/mol. The highest BCUT2D eigenvalue weighted by atomic mass is 19.3. The first kappa shape index (κ1) is 26.1. The number of rotatable bonds is 12. The molecule has 1 saturated carbocycles. The van der Waals surface area contributed by atoms with Gasteiger partial charge in [-0.1, -0.05) is 18.9 Å². The fourth-order valence-electron chi connectivity index (χ4n) is 3.87. The number of carbonyl (C=O) groups excluding carboxylic acids is 1. The predicted molar refractivity (Wildman–Crippen MR) is 119 cm³/mol. The minimum absolute atomic E-state index is 0.0317. The van der Waals surface area contributed by atoms with Gasteiger partial charge in [-0.3, -0.25) is 9.69 Å². The number of piperidine rings is 1. The lowest BCUT2D eigenvalue weighted by Crippen LogP contribution is -2.47. The van der Waals surface area contributed by atoms with Gasteiger partial charge in [-0.05, 0) is 56.7 Å². The standard InChI is InChI=1S/C24H33F2N3O5/c1-23(2,31-3)34-28-21(30)15-29-11-9-24(16-27,10-12-29)18-6-7-19(33-22(25)26)20(14-18)32-13-8-17-4-5-17/h6-7,14,17,22H,4-5,8-13,15H2,1-3H3,(H,28,30). The number of methoxy groups -OCH3 is 1. The Hall–Kier alpha value is -2.48. The highest BCUT2D eigenvalue weighted by Gasteiger charge is 2.38. The number of halogens is 2. The van der Waals surface area contributed by atoms with Gasteiger partial charge in [-0.15, -0.1) is 0 Å². The second-order valence-electron chi connectivity index (χ2n) is 9.32. The molecule has 2 aliphatic rings. The second-order valence-corrected chi connectivity index (χ2v) is 9.32. The summed E-state index contributed by atoms with van der Waals surface area (Å²) in [4.78, 5) is 19.4. The fraction of sp³-hybridized carbons (Fsp3) is 0.667. The average molecular weight is 482 g/mol. The number of hydrogen-bond donors (Lipinski definition) is 1. The third-order valence-electron chi connectivity index (χ3n) is 6.39. The number of likely N-dealkylation sites (tertiary alicyclic amines) is 1. The van der Waals surface area contributed by atoms with Crippen LogP contribution in [0.2, 0.25) is 0 Å². The Balaban J connectivity index is 1.63. The first-order valence-electron chi connectivity index (χ1n) is 11.5. The number of amides is 1. The van der Waals surface area contributed by atoms with Crippen molar-refractivity contribution < 1.29 is 32.6 Å². The first-order chi connectivity index (χ1) is 16.2. The molecule has 0 spiro atoms. The van der Waals surface area contributed by atoms with E-state index in [9.17, 15) is 18.8 Å². The van der Waals surface area contributed by atoms with Crippen LogP contribution in [0, 0.1) is 17.2 Å². The highest BCUT2D eigenvalue weighted by Crippen LogP contribution is 2.40. The van der Waals surface area contributed by atoms with Gasteiger partial charge < -0.3 is 14.2 Å². The van der Waals surface area contributed by atoms with Gasteiger partial charge in [0.15, 0.2) is 17.3 Å². The van der Waals surface area contributed by atoms with Crippen molar-refractivity contribution in [3.63, 3.8) is 0 Å². The quantitative estimate of drug-likeness (QED) is 0.359. The number of nitriles is 1. The molecule has 0 aromatic heterocycles. The lowest BCUT2D eigenvalue weighted by Gasteiger charge is -2.37. The Morgan fingerprint density at radius 3 is 2.59 bits per heavy atom. The summed E-state index contributed by atoms with van der Waals surface area (Å²) >= 11 is 0. The number of hydroxylamine groups is 1. The zero-order valence-corrected chi connectivity index (χ0v) is 19.9. The molecule has 0 atom stereocenters. The summed E-state index contributed by atoms with van der Waals surface area (Å²) in [7, 11) is 1.48. The van der Waals surface area contributed by atoms with Crippen molar-refractivity contribution in [1.29, 1.82) is 5.26 Å². The van der Waals surface area contributed by atoms with Crippen LogP contribution in [0.1, 0.15) is 51.5 Å². The first-order valence-corrected chi connectivity index (χ1v) is 11.5. The topological polar surface area (TPSA) is 93.1 Å². The molecule has 1 aromatic rings. The molecule has 1 saturated heterocycles. The van der Waals surface area contributed by atoms with Gasteiger partial charge in [-0.25, -0.2) is 10.3 Å². The molecule has 34 heavy (non-hydrogen) atoms. The van der Waals surface area contributed by atoms with Crippen LogP contribution in [0.15, 0.2) is 18.2 Å². The molecule has 188 valence electrons. The average Bonchev–Trinajstić information content (AvgIpc) is 3.64. The molecule has 1 aliphatic carbocycles. The van der Waals surface area contributed by atoms with Gasteiger partial charge in [0.25, 0.3) is 5.91 Å². The summed E-state index contributed by atoms with van der Waals surface area (Å²) in [6.45, 7) is 1.96. The van der Waals surface area contributed by atoms with E-state index in [1.807, 2.05) is 4.90 Å². The summed E-state index contributed by atoms with van der Waals surface area (Å²) in [5, 5.41) is 10.1. The molecule has 1 amide bonds. The zero-order valence-electron chi connectivity index (χ0n) is 19.9. The summed E-state index contributed by atoms with van der Waals surface area (Å²) < 4.78 is 41.2. The molecule has 1 aliphatic heterocycles. The van der Waals surface area contributed by atoms with Crippen LogP contribution in [-0.2, 0) is 19.8 Å². The number of benzene rings is 1. The molecule has 10 heteroatoms. The molecule has 1 heterocycles. The molecule has 0 bridgehead atoms. The molecule has 1 aromatic carbocycles. The number of carbonyl (C=O) groups is 1. The van der Waals surface area contributed by atoms with E-state index in [1.54, 1.807) is 26.0 Å². The minimum Gasteiger partial charge on any atom is -0.490 e. The minimum atomic E-state index is -2.96. The van der Waals surface area contributed by atoms with Crippen molar-refractivity contribution in [2.45, 2.75) is 63.8 Å². The molecule has 8 nitrogen and oxygen atoms in total. The second kappa shape index (κ2) is 11.3. The summed E-state index contributed by atoms with van der Waals surface area (Å²) in [6, 6.07) is 7.17. The number of ether oxygens (including phenoxy) is 3. The lowest BCUT2D eigenvalue weighted by atomic mass is 9.74. The summed E-state index contributed by atoms with van der Waals surface area (Å²) in [5.74, 6) is -0.412. The van der Waals surface area contributed by atoms with E-state index >= 15 is 0 Å². The Kier molecular flexibility index (Phi) is 8.68. The van der Waals surface area contributed by atoms with Crippen LogP contribution in [0.4, 0.5) is 8.78 Å². The Morgan fingerprint density at radius 2 is 2.00 bits per heavy atom. The van der Waals surface area contributed by atoms with Gasteiger partial charge >= 0.3 is 6.61 Å². The maximum absolute atomic E-state index is 12.9. The molecular formula is C24H33F2N3O5. The van der Waals surface area contributed by atoms with Gasteiger partial charge in [0.1, 0.15) is 0 Å². The van der Waals surface area contributed by atoms with Crippen molar-refractivity contribution in [3.05, 3.63) is 23.8 Å². The SMILES string of the molecule is COC(C)(C)ONC(=O)CN1CCC(C#N)(c2ccc(OC(F)F)c(OCCC3CC3)c2)CC1. The number of nitrogens with zero attached hydrogens (tertiary/aromatic N) is 2.